The van der Waals surface area contributed by atoms with Crippen LogP contribution in [0.15, 0.2) is 47.5 Å². The zero-order valence-corrected chi connectivity index (χ0v) is 13.7. The smallest absolute Gasteiger partial charge is 0.243 e. The van der Waals surface area contributed by atoms with Crippen molar-refractivity contribution in [3.63, 3.8) is 0 Å². The first kappa shape index (κ1) is 15.2. The third-order valence-corrected chi connectivity index (χ3v) is 6.07. The van der Waals surface area contributed by atoms with Crippen LogP contribution >= 0.6 is 0 Å². The zero-order valence-electron chi connectivity index (χ0n) is 12.9. The van der Waals surface area contributed by atoms with E-state index in [1.165, 1.54) is 0 Å². The van der Waals surface area contributed by atoms with E-state index in [4.69, 9.17) is 0 Å². The highest BCUT2D eigenvalue weighted by Gasteiger charge is 2.36. The number of pyridine rings is 1. The molecule has 1 aromatic heterocycles. The van der Waals surface area contributed by atoms with Gasteiger partial charge in [-0.3, -0.25) is 4.98 Å². The highest BCUT2D eigenvalue weighted by atomic mass is 32.2. The van der Waals surface area contributed by atoms with Crippen molar-refractivity contribution < 1.29 is 8.42 Å². The molecule has 116 valence electrons. The monoisotopic (exact) mass is 316 g/mol. The summed E-state index contributed by atoms with van der Waals surface area (Å²) in [7, 11) is -3.46. The van der Waals surface area contributed by atoms with E-state index >= 15 is 0 Å². The van der Waals surface area contributed by atoms with Crippen LogP contribution in [0.5, 0.6) is 0 Å². The summed E-state index contributed by atoms with van der Waals surface area (Å²) in [5.74, 6) is 0. The van der Waals surface area contributed by atoms with E-state index in [0.29, 0.717) is 11.4 Å². The molecule has 2 aromatic rings. The molecule has 0 saturated carbocycles. The fourth-order valence-electron chi connectivity index (χ4n) is 2.88. The van der Waals surface area contributed by atoms with Gasteiger partial charge < -0.3 is 0 Å². The van der Waals surface area contributed by atoms with Crippen molar-refractivity contribution in [3.8, 4) is 0 Å². The number of aromatic nitrogens is 1. The van der Waals surface area contributed by atoms with Crippen LogP contribution in [0.1, 0.15) is 35.7 Å². The van der Waals surface area contributed by atoms with Crippen molar-refractivity contribution in [1.82, 2.24) is 9.29 Å². The second kappa shape index (κ2) is 5.82. The Morgan fingerprint density at radius 3 is 2.45 bits per heavy atom. The molecular formula is C17H20N2O2S. The lowest BCUT2D eigenvalue weighted by molar-refractivity contribution is 0.396. The van der Waals surface area contributed by atoms with E-state index in [9.17, 15) is 8.42 Å². The standard InChI is InChI=1S/C17H20N2O2S/c1-13-5-9-16(10-6-13)22(20,21)19-11-3-4-17(19)15-8-7-14(2)18-12-15/h5-10,12,17H,3-4,11H2,1-2H3/t17-/m1/s1. The third-order valence-electron chi connectivity index (χ3n) is 4.15. The molecule has 5 heteroatoms. The van der Waals surface area contributed by atoms with Gasteiger partial charge in [-0.2, -0.15) is 4.31 Å². The predicted molar refractivity (Wildman–Crippen MR) is 86.0 cm³/mol. The molecule has 4 nitrogen and oxygen atoms in total. The Bertz CT molecular complexity index is 752. The van der Waals surface area contributed by atoms with Crippen LogP contribution in [0.4, 0.5) is 0 Å². The maximum absolute atomic E-state index is 12.9. The summed E-state index contributed by atoms with van der Waals surface area (Å²) in [5, 5.41) is 0. The number of sulfonamides is 1. The molecule has 0 radical (unpaired) electrons. The average Bonchev–Trinajstić information content (AvgIpc) is 2.99. The van der Waals surface area contributed by atoms with E-state index in [1.54, 1.807) is 22.6 Å². The third kappa shape index (κ3) is 2.78. The van der Waals surface area contributed by atoms with Gasteiger partial charge in [0.05, 0.1) is 10.9 Å². The summed E-state index contributed by atoms with van der Waals surface area (Å²) < 4.78 is 27.4. The molecule has 1 aliphatic rings. The summed E-state index contributed by atoms with van der Waals surface area (Å²) in [4.78, 5) is 4.67. The zero-order chi connectivity index (χ0) is 15.7. The summed E-state index contributed by atoms with van der Waals surface area (Å²) in [6, 6.07) is 10.9. The van der Waals surface area contributed by atoms with Crippen molar-refractivity contribution in [2.75, 3.05) is 6.54 Å². The molecule has 0 amide bonds. The average molecular weight is 316 g/mol. The van der Waals surface area contributed by atoms with Crippen LogP contribution in [0, 0.1) is 13.8 Å². The number of benzene rings is 1. The molecule has 1 aromatic carbocycles. The first-order chi connectivity index (χ1) is 10.5. The lowest BCUT2D eigenvalue weighted by Crippen LogP contribution is -2.30. The van der Waals surface area contributed by atoms with Crippen molar-refractivity contribution in [1.29, 1.82) is 0 Å². The van der Waals surface area contributed by atoms with Crippen LogP contribution in [-0.4, -0.2) is 24.3 Å². The van der Waals surface area contributed by atoms with Gasteiger partial charge in [0.2, 0.25) is 10.0 Å². The topological polar surface area (TPSA) is 50.3 Å². The van der Waals surface area contributed by atoms with Crippen LogP contribution in [0.2, 0.25) is 0 Å². The van der Waals surface area contributed by atoms with Crippen LogP contribution in [0.25, 0.3) is 0 Å². The van der Waals surface area contributed by atoms with Crippen molar-refractivity contribution in [2.24, 2.45) is 0 Å². The molecule has 0 unspecified atom stereocenters. The molecule has 0 bridgehead atoms. The quantitative estimate of drug-likeness (QED) is 0.873. The van der Waals surface area contributed by atoms with Gasteiger partial charge in [0.25, 0.3) is 0 Å². The molecule has 1 aliphatic heterocycles. The van der Waals surface area contributed by atoms with E-state index in [1.807, 2.05) is 38.1 Å². The summed E-state index contributed by atoms with van der Waals surface area (Å²) in [5.41, 5.74) is 2.97. The molecule has 1 saturated heterocycles. The van der Waals surface area contributed by atoms with Gasteiger partial charge in [-0.15, -0.1) is 0 Å². The second-order valence-corrected chi connectivity index (χ2v) is 7.71. The van der Waals surface area contributed by atoms with Gasteiger partial charge in [0, 0.05) is 18.4 Å². The summed E-state index contributed by atoms with van der Waals surface area (Å²) in [6.45, 7) is 4.45. The minimum atomic E-state index is -3.46. The van der Waals surface area contributed by atoms with Crippen LogP contribution in [0.3, 0.4) is 0 Å². The van der Waals surface area contributed by atoms with Gasteiger partial charge in [0.1, 0.15) is 0 Å². The molecular weight excluding hydrogens is 296 g/mol. The van der Waals surface area contributed by atoms with Gasteiger partial charge in [-0.25, -0.2) is 8.42 Å². The Balaban J connectivity index is 1.95. The highest BCUT2D eigenvalue weighted by molar-refractivity contribution is 7.89. The first-order valence-corrected chi connectivity index (χ1v) is 8.93. The number of rotatable bonds is 3. The van der Waals surface area contributed by atoms with Gasteiger partial charge in [-0.05, 0) is 50.5 Å². The van der Waals surface area contributed by atoms with Gasteiger partial charge >= 0.3 is 0 Å². The summed E-state index contributed by atoms with van der Waals surface area (Å²) >= 11 is 0. The maximum atomic E-state index is 12.9. The lowest BCUT2D eigenvalue weighted by Gasteiger charge is -2.24. The Labute approximate surface area is 131 Å². The number of aryl methyl sites for hydroxylation is 2. The Morgan fingerprint density at radius 1 is 1.09 bits per heavy atom. The van der Waals surface area contributed by atoms with Crippen LogP contribution in [-0.2, 0) is 10.0 Å². The van der Waals surface area contributed by atoms with E-state index < -0.39 is 10.0 Å². The number of nitrogens with zero attached hydrogens (tertiary/aromatic N) is 2. The normalized spacial score (nSPS) is 19.5. The largest absolute Gasteiger partial charge is 0.261 e. The fourth-order valence-corrected chi connectivity index (χ4v) is 4.57. The highest BCUT2D eigenvalue weighted by Crippen LogP contribution is 2.36. The van der Waals surface area contributed by atoms with Crippen LogP contribution < -0.4 is 0 Å². The molecule has 0 spiro atoms. The fraction of sp³-hybridized carbons (Fsp3) is 0.353. The van der Waals surface area contributed by atoms with Crippen molar-refractivity contribution >= 4 is 10.0 Å². The molecule has 1 atom stereocenters. The molecule has 22 heavy (non-hydrogen) atoms. The predicted octanol–water partition coefficient (Wildman–Crippen LogP) is 3.22. The Morgan fingerprint density at radius 2 is 1.82 bits per heavy atom. The molecule has 0 N–H and O–H groups in total. The molecule has 1 fully saturated rings. The first-order valence-electron chi connectivity index (χ1n) is 7.49. The number of hydrogen-bond acceptors (Lipinski definition) is 3. The number of hydrogen-bond donors (Lipinski definition) is 0. The maximum Gasteiger partial charge on any atom is 0.243 e. The summed E-state index contributed by atoms with van der Waals surface area (Å²) in [6.07, 6.45) is 3.52. The minimum Gasteiger partial charge on any atom is -0.261 e. The second-order valence-electron chi connectivity index (χ2n) is 5.82. The molecule has 2 heterocycles. The lowest BCUT2D eigenvalue weighted by atomic mass is 10.1. The van der Waals surface area contributed by atoms with E-state index in [0.717, 1.165) is 29.7 Å². The minimum absolute atomic E-state index is 0.112. The van der Waals surface area contributed by atoms with Gasteiger partial charge in [0.15, 0.2) is 0 Å². The van der Waals surface area contributed by atoms with E-state index in [-0.39, 0.29) is 6.04 Å². The SMILES string of the molecule is Cc1ccc(S(=O)(=O)N2CCC[C@@H]2c2ccc(C)nc2)cc1. The molecule has 0 aliphatic carbocycles. The van der Waals surface area contributed by atoms with Crippen molar-refractivity contribution in [3.05, 3.63) is 59.4 Å². The molecule has 3 rings (SSSR count). The van der Waals surface area contributed by atoms with E-state index in [2.05, 4.69) is 4.98 Å². The van der Waals surface area contributed by atoms with Crippen molar-refractivity contribution in [2.45, 2.75) is 37.6 Å². The Kier molecular flexibility index (Phi) is 4.02. The van der Waals surface area contributed by atoms with Gasteiger partial charge in [-0.1, -0.05) is 23.8 Å². The Hall–Kier alpha value is -1.72.